The topological polar surface area (TPSA) is 103 Å². The van der Waals surface area contributed by atoms with E-state index >= 15 is 0 Å². The Balaban J connectivity index is 1.48. The summed E-state index contributed by atoms with van der Waals surface area (Å²) in [6.45, 7) is 2.66. The molecule has 3 aromatic rings. The number of ether oxygens (including phenoxy) is 1. The van der Waals surface area contributed by atoms with E-state index in [0.29, 0.717) is 23.3 Å². The number of para-hydroxylation sites is 1. The lowest BCUT2D eigenvalue weighted by Gasteiger charge is -2.16. The van der Waals surface area contributed by atoms with Crippen molar-refractivity contribution in [2.24, 2.45) is 0 Å². The molecule has 1 N–H and O–H groups in total. The number of aryl methyl sites for hydroxylation is 2. The molecule has 1 aromatic carbocycles. The molecule has 156 valence electrons. The van der Waals surface area contributed by atoms with Crippen molar-refractivity contribution in [3.05, 3.63) is 67.9 Å². The van der Waals surface area contributed by atoms with E-state index < -0.39 is 11.5 Å². The molecule has 0 bridgehead atoms. The largest absolute Gasteiger partial charge is 0.490 e. The van der Waals surface area contributed by atoms with E-state index in [4.69, 9.17) is 9.15 Å². The molecule has 8 nitrogen and oxygen atoms in total. The summed E-state index contributed by atoms with van der Waals surface area (Å²) in [7, 11) is 0. The molecule has 2 heterocycles. The minimum absolute atomic E-state index is 0.0955. The summed E-state index contributed by atoms with van der Waals surface area (Å²) in [6, 6.07) is 8.34. The predicted octanol–water partition coefficient (Wildman–Crippen LogP) is 2.06. The lowest BCUT2D eigenvalue weighted by atomic mass is 9.97. The van der Waals surface area contributed by atoms with Crippen LogP contribution in [0, 0.1) is 0 Å². The number of carbonyl (C=O) groups excluding carboxylic acids is 1. The average Bonchev–Trinajstić information content (AvgIpc) is 2.74. The third-order valence-corrected chi connectivity index (χ3v) is 5.15. The molecule has 0 radical (unpaired) electrons. The van der Waals surface area contributed by atoms with Crippen LogP contribution in [0.5, 0.6) is 5.75 Å². The highest BCUT2D eigenvalue weighted by atomic mass is 16.5. The molecule has 0 saturated heterocycles. The van der Waals surface area contributed by atoms with Crippen LogP contribution in [0.3, 0.4) is 0 Å². The Bertz CT molecular complexity index is 1210. The maximum atomic E-state index is 12.5. The summed E-state index contributed by atoms with van der Waals surface area (Å²) in [6.07, 6.45) is 3.90. The number of nitrogens with zero attached hydrogens (tertiary/aromatic N) is 2. The van der Waals surface area contributed by atoms with E-state index in [-0.39, 0.29) is 24.2 Å². The normalized spacial score (nSPS) is 13.1. The van der Waals surface area contributed by atoms with Crippen molar-refractivity contribution in [2.75, 3.05) is 13.2 Å². The van der Waals surface area contributed by atoms with Gasteiger partial charge >= 0.3 is 5.63 Å². The molecule has 0 saturated carbocycles. The molecular formula is C22H23N3O5. The van der Waals surface area contributed by atoms with Crippen molar-refractivity contribution in [1.29, 1.82) is 0 Å². The Labute approximate surface area is 172 Å². The summed E-state index contributed by atoms with van der Waals surface area (Å²) in [4.78, 5) is 37.1. The van der Waals surface area contributed by atoms with Gasteiger partial charge in [-0.1, -0.05) is 12.1 Å². The number of hydrogen-bond donors (Lipinski definition) is 1. The van der Waals surface area contributed by atoms with Gasteiger partial charge in [-0.15, -0.1) is 0 Å². The van der Waals surface area contributed by atoms with Gasteiger partial charge in [0.05, 0.1) is 18.8 Å². The summed E-state index contributed by atoms with van der Waals surface area (Å²) < 4.78 is 12.2. The molecule has 30 heavy (non-hydrogen) atoms. The summed E-state index contributed by atoms with van der Waals surface area (Å²) in [5, 5.41) is 7.69. The second kappa shape index (κ2) is 8.52. The minimum atomic E-state index is -0.740. The molecule has 1 amide bonds. The number of benzene rings is 1. The van der Waals surface area contributed by atoms with Gasteiger partial charge in [0, 0.05) is 18.0 Å². The molecule has 4 rings (SSSR count). The van der Waals surface area contributed by atoms with E-state index in [1.54, 1.807) is 24.3 Å². The number of aromatic nitrogens is 2. The average molecular weight is 409 g/mol. The first-order valence-corrected chi connectivity index (χ1v) is 10.1. The Hall–Kier alpha value is -3.42. The van der Waals surface area contributed by atoms with Crippen molar-refractivity contribution in [2.45, 2.75) is 39.2 Å². The van der Waals surface area contributed by atoms with E-state index in [1.807, 2.05) is 6.92 Å². The number of hydrogen-bond acceptors (Lipinski definition) is 6. The molecule has 1 aliphatic rings. The highest BCUT2D eigenvalue weighted by Crippen LogP contribution is 2.24. The van der Waals surface area contributed by atoms with Crippen LogP contribution in [0.4, 0.5) is 0 Å². The first kappa shape index (κ1) is 19.9. The van der Waals surface area contributed by atoms with Gasteiger partial charge in [0.25, 0.3) is 11.5 Å². The van der Waals surface area contributed by atoms with Crippen molar-refractivity contribution >= 4 is 16.9 Å². The van der Waals surface area contributed by atoms with Crippen LogP contribution >= 0.6 is 0 Å². The van der Waals surface area contributed by atoms with Crippen LogP contribution < -0.4 is 21.2 Å². The zero-order chi connectivity index (χ0) is 21.1. The number of nitrogens with one attached hydrogen (secondary N) is 1. The Morgan fingerprint density at radius 1 is 1.23 bits per heavy atom. The van der Waals surface area contributed by atoms with Crippen molar-refractivity contribution in [1.82, 2.24) is 15.1 Å². The highest BCUT2D eigenvalue weighted by molar-refractivity contribution is 5.97. The first-order chi connectivity index (χ1) is 14.6. The molecule has 0 fully saturated rings. The number of amides is 1. The smallest absolute Gasteiger partial charge is 0.349 e. The summed E-state index contributed by atoms with van der Waals surface area (Å²) in [5.41, 5.74) is 1.27. The lowest BCUT2D eigenvalue weighted by molar-refractivity contribution is 0.0948. The van der Waals surface area contributed by atoms with Crippen molar-refractivity contribution in [3.63, 3.8) is 0 Å². The SMILES string of the molecule is CCOc1cccc2cc(C(=O)NCCn3nc4c(cc3=O)CCCC4)c(=O)oc12. The minimum Gasteiger partial charge on any atom is -0.490 e. The van der Waals surface area contributed by atoms with E-state index in [0.717, 1.165) is 36.9 Å². The molecular weight excluding hydrogens is 386 g/mol. The number of carbonyl (C=O) groups is 1. The molecule has 0 unspecified atom stereocenters. The fraction of sp³-hybridized carbons (Fsp3) is 0.364. The highest BCUT2D eigenvalue weighted by Gasteiger charge is 2.16. The Morgan fingerprint density at radius 3 is 2.90 bits per heavy atom. The molecule has 0 aliphatic heterocycles. The zero-order valence-electron chi connectivity index (χ0n) is 16.8. The molecule has 8 heteroatoms. The fourth-order valence-corrected chi connectivity index (χ4v) is 3.68. The van der Waals surface area contributed by atoms with Crippen LogP contribution in [0.1, 0.15) is 41.4 Å². The standard InChI is InChI=1S/C22H23N3O5/c1-2-29-18-9-5-7-15-12-16(22(28)30-20(15)18)21(27)23-10-11-25-19(26)13-14-6-3-4-8-17(14)24-25/h5,7,9,12-13H,2-4,6,8,10-11H2,1H3,(H,23,27). The van der Waals surface area contributed by atoms with Gasteiger partial charge in [-0.05, 0) is 50.3 Å². The summed E-state index contributed by atoms with van der Waals surface area (Å²) in [5.74, 6) is -0.101. The van der Waals surface area contributed by atoms with Gasteiger partial charge in [-0.3, -0.25) is 9.59 Å². The Kier molecular flexibility index (Phi) is 5.65. The fourth-order valence-electron chi connectivity index (χ4n) is 3.68. The quantitative estimate of drug-likeness (QED) is 0.625. The summed E-state index contributed by atoms with van der Waals surface area (Å²) >= 11 is 0. The van der Waals surface area contributed by atoms with Crippen molar-refractivity contribution < 1.29 is 13.9 Å². The van der Waals surface area contributed by atoms with Gasteiger partial charge in [-0.25, -0.2) is 9.48 Å². The lowest BCUT2D eigenvalue weighted by Crippen LogP contribution is -2.34. The van der Waals surface area contributed by atoms with E-state index in [1.165, 1.54) is 10.7 Å². The predicted molar refractivity (Wildman–Crippen MR) is 111 cm³/mol. The van der Waals surface area contributed by atoms with Gasteiger partial charge < -0.3 is 14.5 Å². The van der Waals surface area contributed by atoms with Crippen LogP contribution in [0.2, 0.25) is 0 Å². The maximum Gasteiger partial charge on any atom is 0.349 e. The monoisotopic (exact) mass is 409 g/mol. The first-order valence-electron chi connectivity index (χ1n) is 10.1. The van der Waals surface area contributed by atoms with Crippen molar-refractivity contribution in [3.8, 4) is 5.75 Å². The third kappa shape index (κ3) is 3.98. The van der Waals surface area contributed by atoms with Crippen LogP contribution in [0.25, 0.3) is 11.0 Å². The van der Waals surface area contributed by atoms with E-state index in [2.05, 4.69) is 10.4 Å². The third-order valence-electron chi connectivity index (χ3n) is 5.15. The van der Waals surface area contributed by atoms with Crippen LogP contribution in [-0.2, 0) is 19.4 Å². The van der Waals surface area contributed by atoms with Crippen LogP contribution in [0.15, 0.2) is 44.3 Å². The van der Waals surface area contributed by atoms with Gasteiger partial charge in [0.2, 0.25) is 0 Å². The maximum absolute atomic E-state index is 12.5. The number of rotatable bonds is 6. The Morgan fingerprint density at radius 2 is 2.07 bits per heavy atom. The molecule has 1 aliphatic carbocycles. The second-order valence-electron chi connectivity index (χ2n) is 7.20. The molecule has 0 spiro atoms. The molecule has 2 aromatic heterocycles. The zero-order valence-corrected chi connectivity index (χ0v) is 16.8. The van der Waals surface area contributed by atoms with E-state index in [9.17, 15) is 14.4 Å². The number of fused-ring (bicyclic) bond motifs is 2. The van der Waals surface area contributed by atoms with Crippen LogP contribution in [-0.4, -0.2) is 28.8 Å². The second-order valence-corrected chi connectivity index (χ2v) is 7.20. The molecule has 0 atom stereocenters. The van der Waals surface area contributed by atoms with Gasteiger partial charge in [0.15, 0.2) is 11.3 Å². The van der Waals surface area contributed by atoms with Gasteiger partial charge in [-0.2, -0.15) is 5.10 Å². The van der Waals surface area contributed by atoms with Gasteiger partial charge in [0.1, 0.15) is 5.56 Å².